The van der Waals surface area contributed by atoms with Crippen LogP contribution in [-0.2, 0) is 28.6 Å². The number of rotatable bonds is 62. The molecule has 0 saturated carbocycles. The summed E-state index contributed by atoms with van der Waals surface area (Å²) in [6.45, 7) is 6.52. The quantitative estimate of drug-likeness (QED) is 0.0261. The summed E-state index contributed by atoms with van der Waals surface area (Å²) in [5.74, 6) is -0.880. The smallest absolute Gasteiger partial charge is 0.306 e. The van der Waals surface area contributed by atoms with Crippen molar-refractivity contribution in [3.8, 4) is 0 Å². The molecule has 0 amide bonds. The second-order valence-electron chi connectivity index (χ2n) is 22.7. The molecule has 0 spiro atoms. The van der Waals surface area contributed by atoms with Crippen LogP contribution in [0, 0.1) is 0 Å². The SMILES string of the molecule is CC/C=C\C/C=C\C/C=C\C/C=C\C/C=C\C/C=C\C/C=C\CCCCCCCCCCCC(=O)OCC(COC(=O)CCCCCCC/C=C\CCCC)OC(=O)CCCCCCCCCCCCCCCCCCCCCC. The summed E-state index contributed by atoms with van der Waals surface area (Å²) in [4.78, 5) is 38.3. The highest BCUT2D eigenvalue weighted by molar-refractivity contribution is 5.71. The van der Waals surface area contributed by atoms with Crippen molar-refractivity contribution in [1.29, 1.82) is 0 Å². The first-order valence-corrected chi connectivity index (χ1v) is 34.2. The molecule has 1 unspecified atom stereocenters. The number of unbranched alkanes of at least 4 members (excludes halogenated alkanes) is 35. The number of hydrogen-bond donors (Lipinski definition) is 0. The highest BCUT2D eigenvalue weighted by atomic mass is 16.6. The van der Waals surface area contributed by atoms with Gasteiger partial charge < -0.3 is 14.2 Å². The molecule has 0 radical (unpaired) electrons. The molecular formula is C74H128O6. The molecule has 0 aliphatic carbocycles. The van der Waals surface area contributed by atoms with E-state index in [1.165, 1.54) is 180 Å². The normalized spacial score (nSPS) is 12.7. The van der Waals surface area contributed by atoms with E-state index in [-0.39, 0.29) is 31.1 Å². The molecule has 0 N–H and O–H groups in total. The van der Waals surface area contributed by atoms with Gasteiger partial charge in [0.25, 0.3) is 0 Å². The molecule has 0 aromatic rings. The van der Waals surface area contributed by atoms with E-state index in [1.54, 1.807) is 0 Å². The van der Waals surface area contributed by atoms with Gasteiger partial charge in [0.1, 0.15) is 13.2 Å². The van der Waals surface area contributed by atoms with E-state index >= 15 is 0 Å². The molecule has 1 atom stereocenters. The number of ether oxygens (including phenoxy) is 3. The van der Waals surface area contributed by atoms with Gasteiger partial charge in [0.2, 0.25) is 0 Å². The predicted molar refractivity (Wildman–Crippen MR) is 348 cm³/mol. The van der Waals surface area contributed by atoms with Gasteiger partial charge in [-0.05, 0) is 96.3 Å². The third-order valence-corrected chi connectivity index (χ3v) is 14.8. The summed E-state index contributed by atoms with van der Waals surface area (Å²) >= 11 is 0. The van der Waals surface area contributed by atoms with E-state index < -0.39 is 6.10 Å². The maximum atomic E-state index is 12.9. The lowest BCUT2D eigenvalue weighted by atomic mass is 10.0. The van der Waals surface area contributed by atoms with Crippen molar-refractivity contribution in [1.82, 2.24) is 0 Å². The van der Waals surface area contributed by atoms with Crippen LogP contribution >= 0.6 is 0 Å². The van der Waals surface area contributed by atoms with Gasteiger partial charge in [-0.15, -0.1) is 0 Å². The number of allylic oxidation sites excluding steroid dienone is 16. The van der Waals surface area contributed by atoms with Gasteiger partial charge in [-0.1, -0.05) is 317 Å². The van der Waals surface area contributed by atoms with Gasteiger partial charge in [0.05, 0.1) is 0 Å². The summed E-state index contributed by atoms with van der Waals surface area (Å²) in [6, 6.07) is 0. The largest absolute Gasteiger partial charge is 0.462 e. The average molecular weight is 1110 g/mol. The van der Waals surface area contributed by atoms with E-state index in [2.05, 4.69) is 118 Å². The first-order valence-electron chi connectivity index (χ1n) is 34.2. The van der Waals surface area contributed by atoms with E-state index in [0.717, 1.165) is 116 Å². The van der Waals surface area contributed by atoms with Crippen LogP contribution in [0.2, 0.25) is 0 Å². The minimum absolute atomic E-state index is 0.0801. The zero-order chi connectivity index (χ0) is 57.8. The summed E-state index contributed by atoms with van der Waals surface area (Å²) in [6.07, 6.45) is 91.4. The van der Waals surface area contributed by atoms with E-state index in [9.17, 15) is 14.4 Å². The molecule has 0 bridgehead atoms. The Hall–Kier alpha value is -3.67. The van der Waals surface area contributed by atoms with E-state index in [1.807, 2.05) is 0 Å². The highest BCUT2D eigenvalue weighted by Gasteiger charge is 2.19. The fourth-order valence-corrected chi connectivity index (χ4v) is 9.70. The Kier molecular flexibility index (Phi) is 64.7. The Labute approximate surface area is 496 Å². The summed E-state index contributed by atoms with van der Waals surface area (Å²) < 4.78 is 16.9. The lowest BCUT2D eigenvalue weighted by Crippen LogP contribution is -2.30. The topological polar surface area (TPSA) is 78.9 Å². The van der Waals surface area contributed by atoms with Crippen molar-refractivity contribution in [3.05, 3.63) is 97.2 Å². The second-order valence-corrected chi connectivity index (χ2v) is 22.7. The van der Waals surface area contributed by atoms with Gasteiger partial charge in [-0.25, -0.2) is 0 Å². The Balaban J connectivity index is 4.23. The van der Waals surface area contributed by atoms with Crippen LogP contribution in [0.25, 0.3) is 0 Å². The van der Waals surface area contributed by atoms with Crippen LogP contribution in [0.4, 0.5) is 0 Å². The van der Waals surface area contributed by atoms with Crippen molar-refractivity contribution >= 4 is 17.9 Å². The molecule has 6 nitrogen and oxygen atoms in total. The molecule has 0 heterocycles. The van der Waals surface area contributed by atoms with Crippen molar-refractivity contribution in [2.45, 2.75) is 341 Å². The summed E-state index contributed by atoms with van der Waals surface area (Å²) in [5, 5.41) is 0. The maximum absolute atomic E-state index is 12.9. The van der Waals surface area contributed by atoms with Crippen LogP contribution in [0.3, 0.4) is 0 Å². The number of carbonyl (C=O) groups is 3. The molecule has 0 aliphatic heterocycles. The Morgan fingerprint density at radius 2 is 0.500 bits per heavy atom. The van der Waals surface area contributed by atoms with Crippen molar-refractivity contribution in [3.63, 3.8) is 0 Å². The van der Waals surface area contributed by atoms with Gasteiger partial charge in [-0.2, -0.15) is 0 Å². The van der Waals surface area contributed by atoms with E-state index in [0.29, 0.717) is 19.3 Å². The fraction of sp³-hybridized carbons (Fsp3) is 0.743. The molecule has 460 valence electrons. The van der Waals surface area contributed by atoms with Crippen molar-refractivity contribution < 1.29 is 28.6 Å². The minimum atomic E-state index is -0.782. The Bertz CT molecular complexity index is 1560. The van der Waals surface area contributed by atoms with Crippen LogP contribution in [-0.4, -0.2) is 37.2 Å². The molecule has 6 heteroatoms. The zero-order valence-corrected chi connectivity index (χ0v) is 52.8. The first-order chi connectivity index (χ1) is 39.5. The zero-order valence-electron chi connectivity index (χ0n) is 52.8. The predicted octanol–water partition coefficient (Wildman–Crippen LogP) is 23.6. The molecule has 0 saturated heterocycles. The molecule has 80 heavy (non-hydrogen) atoms. The monoisotopic (exact) mass is 1110 g/mol. The third-order valence-electron chi connectivity index (χ3n) is 14.8. The molecule has 0 fully saturated rings. The maximum Gasteiger partial charge on any atom is 0.306 e. The Morgan fingerprint density at radius 1 is 0.263 bits per heavy atom. The standard InChI is InChI=1S/C74H128O6/c1-4-7-10-13-16-19-22-24-26-28-30-32-33-34-35-36-37-38-39-40-41-42-44-45-47-49-52-55-58-61-64-67-73(76)79-70-71(69-78-72(75)66-63-60-57-54-51-21-18-15-12-9-6-3)80-74(77)68-65-62-59-56-53-50-48-46-43-31-29-27-25-23-20-17-14-11-8-5-2/h7,10,15-16,18-19,24,26,30,32,34-35,37-38,40-41,71H,4-6,8-9,11-14,17,20-23,25,27-29,31,33,36,39,42-70H2,1-3H3/b10-7-,18-15-,19-16-,26-24-,32-30-,35-34-,38-37-,41-40-. The molecule has 0 rings (SSSR count). The van der Waals surface area contributed by atoms with Crippen molar-refractivity contribution in [2.75, 3.05) is 13.2 Å². The number of esters is 3. The Morgan fingerprint density at radius 3 is 0.812 bits per heavy atom. The van der Waals surface area contributed by atoms with Crippen LogP contribution < -0.4 is 0 Å². The molecule has 0 aliphatic rings. The molecule has 0 aromatic heterocycles. The highest BCUT2D eigenvalue weighted by Crippen LogP contribution is 2.17. The van der Waals surface area contributed by atoms with Crippen LogP contribution in [0.15, 0.2) is 97.2 Å². The van der Waals surface area contributed by atoms with Crippen molar-refractivity contribution in [2.24, 2.45) is 0 Å². The third kappa shape index (κ3) is 65.1. The lowest BCUT2D eigenvalue weighted by Gasteiger charge is -2.18. The second kappa shape index (κ2) is 67.8. The van der Waals surface area contributed by atoms with Gasteiger partial charge in [0.15, 0.2) is 6.10 Å². The van der Waals surface area contributed by atoms with E-state index in [4.69, 9.17) is 14.2 Å². The van der Waals surface area contributed by atoms with Gasteiger partial charge in [-0.3, -0.25) is 14.4 Å². The molecular weight excluding hydrogens is 985 g/mol. The first kappa shape index (κ1) is 76.3. The average Bonchev–Trinajstić information content (AvgIpc) is 3.46. The minimum Gasteiger partial charge on any atom is -0.462 e. The molecule has 0 aromatic carbocycles. The number of carbonyl (C=O) groups excluding carboxylic acids is 3. The van der Waals surface area contributed by atoms with Crippen LogP contribution in [0.1, 0.15) is 335 Å². The fourth-order valence-electron chi connectivity index (χ4n) is 9.70. The van der Waals surface area contributed by atoms with Gasteiger partial charge in [0, 0.05) is 19.3 Å². The van der Waals surface area contributed by atoms with Crippen LogP contribution in [0.5, 0.6) is 0 Å². The number of hydrogen-bond acceptors (Lipinski definition) is 6. The lowest BCUT2D eigenvalue weighted by molar-refractivity contribution is -0.167. The summed E-state index contributed by atoms with van der Waals surface area (Å²) in [5.41, 5.74) is 0. The van der Waals surface area contributed by atoms with Gasteiger partial charge >= 0.3 is 17.9 Å². The summed E-state index contributed by atoms with van der Waals surface area (Å²) in [7, 11) is 0.